The lowest BCUT2D eigenvalue weighted by molar-refractivity contribution is 0.0955. The Hall–Kier alpha value is -2.68. The average Bonchev–Trinajstić information content (AvgIpc) is 2.63. The van der Waals surface area contributed by atoms with Gasteiger partial charge in [0.25, 0.3) is 5.91 Å². The smallest absolute Gasteiger partial charge is 0.272 e. The molecular formula is C19H16Cl2N2O3. The number of halogens is 2. The van der Waals surface area contributed by atoms with Gasteiger partial charge in [-0.2, -0.15) is 5.10 Å². The first-order valence-electron chi connectivity index (χ1n) is 7.66. The summed E-state index contributed by atoms with van der Waals surface area (Å²) < 4.78 is 10.9. The standard InChI is InChI=1S/C19H16Cl2N2O3/c1-3-9-26-17-8-5-13(10-18(17)25-4-2)12-22-23-19(24)15-11-14(20)6-7-16(15)21/h1,5-8,10-12H,4,9H2,2H3,(H,23,24)/b22-12-. The molecular weight excluding hydrogens is 375 g/mol. The Labute approximate surface area is 161 Å². The van der Waals surface area contributed by atoms with Gasteiger partial charge in [0.2, 0.25) is 0 Å². The Morgan fingerprint density at radius 1 is 1.23 bits per heavy atom. The second-order valence-electron chi connectivity index (χ2n) is 4.96. The summed E-state index contributed by atoms with van der Waals surface area (Å²) in [7, 11) is 0. The molecule has 0 fully saturated rings. The third-order valence-electron chi connectivity index (χ3n) is 3.13. The zero-order valence-electron chi connectivity index (χ0n) is 14.0. The van der Waals surface area contributed by atoms with Crippen LogP contribution >= 0.6 is 23.2 Å². The molecule has 0 aliphatic heterocycles. The van der Waals surface area contributed by atoms with E-state index in [2.05, 4.69) is 16.4 Å². The second kappa shape index (κ2) is 9.71. The first-order valence-corrected chi connectivity index (χ1v) is 8.42. The number of ether oxygens (including phenoxy) is 2. The lowest BCUT2D eigenvalue weighted by Crippen LogP contribution is -2.18. The number of benzene rings is 2. The van der Waals surface area contributed by atoms with Gasteiger partial charge in [0, 0.05) is 5.02 Å². The number of terminal acetylenes is 1. The fourth-order valence-electron chi connectivity index (χ4n) is 2.01. The van der Waals surface area contributed by atoms with E-state index >= 15 is 0 Å². The molecule has 0 atom stereocenters. The Bertz CT molecular complexity index is 860. The van der Waals surface area contributed by atoms with E-state index in [4.69, 9.17) is 39.1 Å². The minimum absolute atomic E-state index is 0.143. The number of amides is 1. The van der Waals surface area contributed by atoms with Crippen molar-refractivity contribution in [3.05, 3.63) is 57.6 Å². The summed E-state index contributed by atoms with van der Waals surface area (Å²) in [4.78, 5) is 12.1. The van der Waals surface area contributed by atoms with E-state index in [1.54, 1.807) is 30.3 Å². The monoisotopic (exact) mass is 390 g/mol. The van der Waals surface area contributed by atoms with Crippen LogP contribution in [0.25, 0.3) is 0 Å². The van der Waals surface area contributed by atoms with Crippen LogP contribution in [0, 0.1) is 12.3 Å². The highest BCUT2D eigenvalue weighted by Gasteiger charge is 2.10. The van der Waals surface area contributed by atoms with Gasteiger partial charge in [0.1, 0.15) is 6.61 Å². The molecule has 0 saturated heterocycles. The van der Waals surface area contributed by atoms with Crippen LogP contribution < -0.4 is 14.9 Å². The van der Waals surface area contributed by atoms with E-state index in [0.29, 0.717) is 28.7 Å². The maximum atomic E-state index is 12.1. The zero-order chi connectivity index (χ0) is 18.9. The number of hydrazone groups is 1. The normalized spacial score (nSPS) is 10.4. The van der Waals surface area contributed by atoms with Crippen LogP contribution in [0.3, 0.4) is 0 Å². The van der Waals surface area contributed by atoms with Gasteiger partial charge in [0.05, 0.1) is 23.4 Å². The Kier molecular flexibility index (Phi) is 7.34. The number of nitrogens with one attached hydrogen (secondary N) is 1. The third-order valence-corrected chi connectivity index (χ3v) is 3.70. The molecule has 0 aliphatic rings. The van der Waals surface area contributed by atoms with Crippen LogP contribution in [0.4, 0.5) is 0 Å². The summed E-state index contributed by atoms with van der Waals surface area (Å²) in [5.41, 5.74) is 3.35. The van der Waals surface area contributed by atoms with Crippen LogP contribution in [0.15, 0.2) is 41.5 Å². The van der Waals surface area contributed by atoms with Crippen LogP contribution in [-0.2, 0) is 0 Å². The van der Waals surface area contributed by atoms with Gasteiger partial charge < -0.3 is 9.47 Å². The maximum Gasteiger partial charge on any atom is 0.272 e. The molecule has 0 aromatic heterocycles. The minimum atomic E-state index is -0.465. The number of hydrogen-bond donors (Lipinski definition) is 1. The molecule has 0 bridgehead atoms. The van der Waals surface area contributed by atoms with E-state index in [-0.39, 0.29) is 17.2 Å². The fraction of sp³-hybridized carbons (Fsp3) is 0.158. The van der Waals surface area contributed by atoms with Crippen molar-refractivity contribution in [1.82, 2.24) is 5.43 Å². The molecule has 26 heavy (non-hydrogen) atoms. The SMILES string of the molecule is C#CCOc1ccc(/C=N\NC(=O)c2cc(Cl)ccc2Cl)cc1OCC. The van der Waals surface area contributed by atoms with Crippen molar-refractivity contribution in [2.45, 2.75) is 6.92 Å². The molecule has 2 aromatic carbocycles. The van der Waals surface area contributed by atoms with Gasteiger partial charge >= 0.3 is 0 Å². The van der Waals surface area contributed by atoms with Crippen molar-refractivity contribution in [2.75, 3.05) is 13.2 Å². The van der Waals surface area contributed by atoms with E-state index in [0.717, 1.165) is 0 Å². The van der Waals surface area contributed by atoms with Crippen molar-refractivity contribution < 1.29 is 14.3 Å². The van der Waals surface area contributed by atoms with E-state index in [9.17, 15) is 4.79 Å². The second-order valence-corrected chi connectivity index (χ2v) is 5.80. The molecule has 2 rings (SSSR count). The van der Waals surface area contributed by atoms with Crippen molar-refractivity contribution in [3.8, 4) is 23.8 Å². The summed E-state index contributed by atoms with van der Waals surface area (Å²) in [5, 5.41) is 4.62. The van der Waals surface area contributed by atoms with Crippen LogP contribution in [0.1, 0.15) is 22.8 Å². The van der Waals surface area contributed by atoms with Crippen molar-refractivity contribution in [2.24, 2.45) is 5.10 Å². The summed E-state index contributed by atoms with van der Waals surface area (Å²) >= 11 is 11.9. The average molecular weight is 391 g/mol. The maximum absolute atomic E-state index is 12.1. The van der Waals surface area contributed by atoms with Gasteiger partial charge in [-0.3, -0.25) is 4.79 Å². The van der Waals surface area contributed by atoms with Crippen molar-refractivity contribution >= 4 is 35.3 Å². The molecule has 2 aromatic rings. The third kappa shape index (κ3) is 5.41. The Balaban J connectivity index is 2.09. The lowest BCUT2D eigenvalue weighted by Gasteiger charge is -2.10. The highest BCUT2D eigenvalue weighted by molar-refractivity contribution is 6.35. The number of nitrogens with zero attached hydrogens (tertiary/aromatic N) is 1. The van der Waals surface area contributed by atoms with Gasteiger partial charge in [-0.1, -0.05) is 29.1 Å². The number of hydrogen-bond acceptors (Lipinski definition) is 4. The molecule has 0 heterocycles. The van der Waals surface area contributed by atoms with Gasteiger partial charge in [-0.05, 0) is 48.9 Å². The molecule has 0 unspecified atom stereocenters. The first kappa shape index (κ1) is 19.6. The zero-order valence-corrected chi connectivity index (χ0v) is 15.5. The predicted octanol–water partition coefficient (Wildman–Crippen LogP) is 4.17. The van der Waals surface area contributed by atoms with Gasteiger partial charge in [-0.25, -0.2) is 5.43 Å². The number of carbonyl (C=O) groups is 1. The van der Waals surface area contributed by atoms with Crippen LogP contribution in [0.2, 0.25) is 10.0 Å². The molecule has 7 heteroatoms. The van der Waals surface area contributed by atoms with Gasteiger partial charge in [0.15, 0.2) is 11.5 Å². The summed E-state index contributed by atoms with van der Waals surface area (Å²) in [6.07, 6.45) is 6.67. The molecule has 134 valence electrons. The molecule has 0 spiro atoms. The number of carbonyl (C=O) groups excluding carboxylic acids is 1. The van der Waals surface area contributed by atoms with E-state index in [1.807, 2.05) is 6.92 Å². The molecule has 1 N–H and O–H groups in total. The van der Waals surface area contributed by atoms with Crippen molar-refractivity contribution in [1.29, 1.82) is 0 Å². The minimum Gasteiger partial charge on any atom is -0.490 e. The summed E-state index contributed by atoms with van der Waals surface area (Å²) in [6.45, 7) is 2.47. The van der Waals surface area contributed by atoms with Crippen LogP contribution in [0.5, 0.6) is 11.5 Å². The topological polar surface area (TPSA) is 59.9 Å². The lowest BCUT2D eigenvalue weighted by atomic mass is 10.2. The quantitative estimate of drug-likeness (QED) is 0.438. The highest BCUT2D eigenvalue weighted by atomic mass is 35.5. The van der Waals surface area contributed by atoms with E-state index < -0.39 is 5.91 Å². The molecule has 0 radical (unpaired) electrons. The molecule has 1 amide bonds. The largest absolute Gasteiger partial charge is 0.490 e. The van der Waals surface area contributed by atoms with E-state index in [1.165, 1.54) is 12.3 Å². The Morgan fingerprint density at radius 3 is 2.77 bits per heavy atom. The molecule has 5 nitrogen and oxygen atoms in total. The van der Waals surface area contributed by atoms with Crippen LogP contribution in [-0.4, -0.2) is 25.3 Å². The van der Waals surface area contributed by atoms with Gasteiger partial charge in [-0.15, -0.1) is 6.42 Å². The number of rotatable bonds is 7. The predicted molar refractivity (Wildman–Crippen MR) is 103 cm³/mol. The Morgan fingerprint density at radius 2 is 2.04 bits per heavy atom. The molecule has 0 saturated carbocycles. The van der Waals surface area contributed by atoms with Crippen molar-refractivity contribution in [3.63, 3.8) is 0 Å². The highest BCUT2D eigenvalue weighted by Crippen LogP contribution is 2.28. The first-order chi connectivity index (χ1) is 12.5. The molecule has 0 aliphatic carbocycles. The summed E-state index contributed by atoms with van der Waals surface area (Å²) in [6, 6.07) is 9.83. The summed E-state index contributed by atoms with van der Waals surface area (Å²) in [5.74, 6) is 3.01. The fourth-order valence-corrected chi connectivity index (χ4v) is 2.38.